The molecule has 1 fully saturated rings. The molecule has 1 N–H and O–H groups in total. The minimum absolute atomic E-state index is 0.0101. The van der Waals surface area contributed by atoms with E-state index in [4.69, 9.17) is 4.74 Å². The molecule has 1 atom stereocenters. The Morgan fingerprint density at radius 1 is 1.42 bits per heavy atom. The van der Waals surface area contributed by atoms with Crippen LogP contribution in [0.3, 0.4) is 0 Å². The van der Waals surface area contributed by atoms with Crippen LogP contribution in [0.1, 0.15) is 36.2 Å². The number of carbonyl (C=O) groups excluding carboxylic acids is 1. The van der Waals surface area contributed by atoms with Crippen molar-refractivity contribution in [1.82, 2.24) is 10.2 Å². The summed E-state index contributed by atoms with van der Waals surface area (Å²) in [5.74, 6) is 0.874. The van der Waals surface area contributed by atoms with E-state index in [0.717, 1.165) is 34.5 Å². The summed E-state index contributed by atoms with van der Waals surface area (Å²) in [5, 5.41) is 5.07. The zero-order valence-corrected chi connectivity index (χ0v) is 16.0. The van der Waals surface area contributed by atoms with Gasteiger partial charge in [0.05, 0.1) is 19.2 Å². The number of hydrogen-bond donors (Lipinski definition) is 1. The number of amides is 2. The van der Waals surface area contributed by atoms with Crippen molar-refractivity contribution in [3.8, 4) is 5.75 Å². The minimum atomic E-state index is 0.0101. The van der Waals surface area contributed by atoms with E-state index in [1.165, 1.54) is 5.56 Å². The van der Waals surface area contributed by atoms with Gasteiger partial charge >= 0.3 is 6.03 Å². The normalized spacial score (nSPS) is 17.1. The summed E-state index contributed by atoms with van der Waals surface area (Å²) in [5.41, 5.74) is 1.17. The molecule has 0 saturated carbocycles. The fourth-order valence-electron chi connectivity index (χ4n) is 3.02. The van der Waals surface area contributed by atoms with Gasteiger partial charge in [-0.15, -0.1) is 11.3 Å². The molecule has 1 unspecified atom stereocenters. The fourth-order valence-corrected chi connectivity index (χ4v) is 4.41. The Labute approximate surface area is 154 Å². The summed E-state index contributed by atoms with van der Waals surface area (Å²) in [6, 6.07) is 10.3. The van der Waals surface area contributed by atoms with E-state index in [9.17, 15) is 4.79 Å². The van der Waals surface area contributed by atoms with Crippen molar-refractivity contribution in [2.75, 3.05) is 13.2 Å². The van der Waals surface area contributed by atoms with Crippen LogP contribution < -0.4 is 10.1 Å². The number of hydrogen-bond acceptors (Lipinski definition) is 3. The molecule has 4 nitrogen and oxygen atoms in total. The molecule has 2 aromatic rings. The van der Waals surface area contributed by atoms with E-state index in [-0.39, 0.29) is 12.1 Å². The van der Waals surface area contributed by atoms with Crippen LogP contribution in [0.2, 0.25) is 0 Å². The zero-order chi connectivity index (χ0) is 16.9. The van der Waals surface area contributed by atoms with Gasteiger partial charge in [-0.25, -0.2) is 4.79 Å². The lowest BCUT2D eigenvalue weighted by atomic mass is 10.0. The van der Waals surface area contributed by atoms with Crippen LogP contribution in [0.5, 0.6) is 5.75 Å². The second-order valence-corrected chi connectivity index (χ2v) is 7.65. The number of nitrogens with zero attached hydrogens (tertiary/aromatic N) is 1. The fraction of sp³-hybridized carbons (Fsp3) is 0.389. The van der Waals surface area contributed by atoms with Crippen LogP contribution in [0.25, 0.3) is 0 Å². The summed E-state index contributed by atoms with van der Waals surface area (Å²) in [4.78, 5) is 15.6. The number of urea groups is 1. The van der Waals surface area contributed by atoms with Gasteiger partial charge in [0, 0.05) is 21.3 Å². The van der Waals surface area contributed by atoms with E-state index in [1.54, 1.807) is 11.3 Å². The third-order valence-corrected chi connectivity index (χ3v) is 5.82. The molecule has 24 heavy (non-hydrogen) atoms. The number of ether oxygens (including phenoxy) is 1. The lowest BCUT2D eigenvalue weighted by Gasteiger charge is -2.25. The number of benzene rings is 1. The number of thiophene rings is 1. The molecule has 0 spiro atoms. The van der Waals surface area contributed by atoms with Gasteiger partial charge in [-0.1, -0.05) is 12.1 Å². The van der Waals surface area contributed by atoms with Crippen molar-refractivity contribution in [2.45, 2.75) is 32.4 Å². The van der Waals surface area contributed by atoms with Gasteiger partial charge in [-0.3, -0.25) is 0 Å². The highest BCUT2D eigenvalue weighted by Gasteiger charge is 2.29. The highest BCUT2D eigenvalue weighted by molar-refractivity contribution is 9.10. The van der Waals surface area contributed by atoms with Crippen LogP contribution in [0, 0.1) is 0 Å². The van der Waals surface area contributed by atoms with Gasteiger partial charge in [0.2, 0.25) is 0 Å². The molecule has 1 aliphatic rings. The van der Waals surface area contributed by atoms with Crippen molar-refractivity contribution in [3.63, 3.8) is 0 Å². The van der Waals surface area contributed by atoms with Crippen molar-refractivity contribution in [1.29, 1.82) is 0 Å². The van der Waals surface area contributed by atoms with Crippen LogP contribution in [-0.2, 0) is 6.54 Å². The molecule has 2 heterocycles. The maximum atomic E-state index is 12.6. The Balaban J connectivity index is 1.62. The van der Waals surface area contributed by atoms with E-state index < -0.39 is 0 Å². The highest BCUT2D eigenvalue weighted by atomic mass is 79.9. The smallest absolute Gasteiger partial charge is 0.318 e. The number of rotatable bonds is 5. The van der Waals surface area contributed by atoms with Crippen molar-refractivity contribution in [2.24, 2.45) is 0 Å². The summed E-state index contributed by atoms with van der Waals surface area (Å²) in [6.45, 7) is 4.01. The quantitative estimate of drug-likeness (QED) is 0.759. The summed E-state index contributed by atoms with van der Waals surface area (Å²) < 4.78 is 6.55. The molecular formula is C18H21BrN2O2S. The second kappa shape index (κ2) is 8.03. The first-order valence-corrected chi connectivity index (χ1v) is 9.84. The van der Waals surface area contributed by atoms with Crippen molar-refractivity contribution in [3.05, 3.63) is 50.6 Å². The zero-order valence-electron chi connectivity index (χ0n) is 13.6. The van der Waals surface area contributed by atoms with Crippen LogP contribution in [-0.4, -0.2) is 24.1 Å². The average Bonchev–Trinajstić information content (AvgIpc) is 3.23. The van der Waals surface area contributed by atoms with E-state index >= 15 is 0 Å². The topological polar surface area (TPSA) is 41.6 Å². The third-order valence-electron chi connectivity index (χ3n) is 4.13. The molecule has 6 heteroatoms. The number of carbonyl (C=O) groups is 1. The maximum Gasteiger partial charge on any atom is 0.318 e. The average molecular weight is 409 g/mol. The monoisotopic (exact) mass is 408 g/mol. The van der Waals surface area contributed by atoms with Gasteiger partial charge in [0.25, 0.3) is 0 Å². The Morgan fingerprint density at radius 3 is 2.88 bits per heavy atom. The van der Waals surface area contributed by atoms with Gasteiger partial charge in [-0.05, 0) is 59.5 Å². The molecular weight excluding hydrogens is 388 g/mol. The van der Waals surface area contributed by atoms with E-state index in [0.29, 0.717) is 13.2 Å². The number of halogens is 1. The lowest BCUT2D eigenvalue weighted by molar-refractivity contribution is 0.192. The Kier molecular flexibility index (Phi) is 5.79. The summed E-state index contributed by atoms with van der Waals surface area (Å²) in [7, 11) is 0. The third kappa shape index (κ3) is 4.11. The molecule has 3 rings (SSSR count). The molecule has 0 radical (unpaired) electrons. The molecule has 0 aliphatic carbocycles. The molecule has 1 aromatic heterocycles. The van der Waals surface area contributed by atoms with Gasteiger partial charge in [0.1, 0.15) is 5.75 Å². The van der Waals surface area contributed by atoms with Gasteiger partial charge in [-0.2, -0.15) is 0 Å². The number of likely N-dealkylation sites (tertiary alicyclic amines) is 1. The standard InChI is InChI=1S/C18H21BrN2O2S/c1-2-23-15-7-5-13(6-8-15)17-4-3-9-21(17)18(22)20-11-16-10-14(19)12-24-16/h5-8,10,12,17H,2-4,9,11H2,1H3,(H,20,22). The van der Waals surface area contributed by atoms with Crippen molar-refractivity contribution >= 4 is 33.3 Å². The van der Waals surface area contributed by atoms with Gasteiger partial charge in [0.15, 0.2) is 0 Å². The Morgan fingerprint density at radius 2 is 2.21 bits per heavy atom. The lowest BCUT2D eigenvalue weighted by Crippen LogP contribution is -2.39. The molecule has 0 bridgehead atoms. The molecule has 2 amide bonds. The van der Waals surface area contributed by atoms with Crippen molar-refractivity contribution < 1.29 is 9.53 Å². The first kappa shape index (κ1) is 17.3. The molecule has 1 aromatic carbocycles. The predicted molar refractivity (Wildman–Crippen MR) is 101 cm³/mol. The maximum absolute atomic E-state index is 12.6. The first-order valence-electron chi connectivity index (χ1n) is 8.17. The van der Waals surface area contributed by atoms with Gasteiger partial charge < -0.3 is 15.0 Å². The molecule has 128 valence electrons. The summed E-state index contributed by atoms with van der Waals surface area (Å²) >= 11 is 5.08. The van der Waals surface area contributed by atoms with Crippen LogP contribution in [0.15, 0.2) is 40.2 Å². The predicted octanol–water partition coefficient (Wildman–Crippen LogP) is 4.96. The van der Waals surface area contributed by atoms with Crippen LogP contribution >= 0.6 is 27.3 Å². The highest BCUT2D eigenvalue weighted by Crippen LogP contribution is 2.32. The minimum Gasteiger partial charge on any atom is -0.494 e. The first-order chi connectivity index (χ1) is 11.7. The second-order valence-electron chi connectivity index (χ2n) is 5.74. The Bertz CT molecular complexity index is 687. The van der Waals surface area contributed by atoms with E-state index in [1.807, 2.05) is 35.4 Å². The molecule has 1 aliphatic heterocycles. The van der Waals surface area contributed by atoms with E-state index in [2.05, 4.69) is 33.4 Å². The SMILES string of the molecule is CCOc1ccc(C2CCCN2C(=O)NCc2cc(Br)cs2)cc1. The molecule has 1 saturated heterocycles. The summed E-state index contributed by atoms with van der Waals surface area (Å²) in [6.07, 6.45) is 2.04. The Hall–Kier alpha value is -1.53. The number of nitrogens with one attached hydrogen (secondary N) is 1. The van der Waals surface area contributed by atoms with Crippen LogP contribution in [0.4, 0.5) is 4.79 Å². The largest absolute Gasteiger partial charge is 0.494 e.